The second-order valence-corrected chi connectivity index (χ2v) is 10.1. The van der Waals surface area contributed by atoms with Crippen LogP contribution < -0.4 is 0 Å². The maximum absolute atomic E-state index is 4.66. The molecule has 8 rings (SSSR count). The molecule has 0 radical (unpaired) electrons. The molecule has 0 aliphatic carbocycles. The lowest BCUT2D eigenvalue weighted by atomic mass is 10.0. The largest absolute Gasteiger partial charge is 0.298 e. The number of hydrogen-bond acceptors (Lipinski definition) is 4. The molecular formula is C26H13N3S2. The van der Waals surface area contributed by atoms with Gasteiger partial charge in [-0.1, -0.05) is 30.3 Å². The van der Waals surface area contributed by atoms with Gasteiger partial charge in [0.25, 0.3) is 0 Å². The monoisotopic (exact) mass is 431 g/mol. The van der Waals surface area contributed by atoms with Crippen LogP contribution in [0.4, 0.5) is 0 Å². The van der Waals surface area contributed by atoms with E-state index >= 15 is 0 Å². The van der Waals surface area contributed by atoms with E-state index in [0.717, 1.165) is 11.0 Å². The van der Waals surface area contributed by atoms with Crippen molar-refractivity contribution in [3.05, 3.63) is 79.4 Å². The molecule has 0 spiro atoms. The molecule has 0 saturated carbocycles. The molecule has 0 bridgehead atoms. The molecule has 3 nitrogen and oxygen atoms in total. The second-order valence-electron chi connectivity index (χ2n) is 7.93. The number of hydrogen-bond donors (Lipinski definition) is 0. The Hall–Kier alpha value is -3.54. The van der Waals surface area contributed by atoms with Gasteiger partial charge in [0.1, 0.15) is 5.65 Å². The van der Waals surface area contributed by atoms with Crippen LogP contribution in [0.25, 0.3) is 67.7 Å². The normalized spacial score (nSPS) is 12.5. The summed E-state index contributed by atoms with van der Waals surface area (Å²) in [6, 6.07) is 20.1. The zero-order chi connectivity index (χ0) is 20.1. The molecule has 31 heavy (non-hydrogen) atoms. The summed E-state index contributed by atoms with van der Waals surface area (Å²) in [5, 5.41) is 8.89. The van der Waals surface area contributed by atoms with Crippen molar-refractivity contribution in [3.63, 3.8) is 0 Å². The summed E-state index contributed by atoms with van der Waals surface area (Å²) in [7, 11) is 0. The Balaban J connectivity index is 1.61. The van der Waals surface area contributed by atoms with Gasteiger partial charge < -0.3 is 0 Å². The summed E-state index contributed by atoms with van der Waals surface area (Å²) in [5.41, 5.74) is 2.20. The maximum Gasteiger partial charge on any atom is 0.146 e. The number of pyridine rings is 2. The molecule has 0 atom stereocenters. The molecule has 0 N–H and O–H groups in total. The van der Waals surface area contributed by atoms with Crippen LogP contribution in [0.15, 0.2) is 79.4 Å². The maximum atomic E-state index is 4.66. The third-order valence-electron chi connectivity index (χ3n) is 6.35. The molecule has 5 heteroatoms. The van der Waals surface area contributed by atoms with E-state index in [4.69, 9.17) is 0 Å². The minimum atomic E-state index is 0.965. The van der Waals surface area contributed by atoms with Gasteiger partial charge in [0.15, 0.2) is 0 Å². The standard InChI is InChI=1S/C26H13N3S2/c1-2-4-21-15(3-1)18-11-23-19(12-22(18)30-21)17-6-5-16-14-7-8-27-13-20(14)26-28-9-10-29(26)24(16)25(17)31-23/h1-13H. The molecule has 0 aliphatic heterocycles. The quantitative estimate of drug-likeness (QED) is 0.230. The molecule has 0 amide bonds. The van der Waals surface area contributed by atoms with Crippen molar-refractivity contribution in [1.82, 2.24) is 14.4 Å². The molecule has 0 aliphatic rings. The fourth-order valence-electron chi connectivity index (χ4n) is 4.99. The highest BCUT2D eigenvalue weighted by molar-refractivity contribution is 7.28. The number of fused-ring (bicyclic) bond motifs is 13. The molecule has 5 heterocycles. The highest BCUT2D eigenvalue weighted by atomic mass is 32.1. The topological polar surface area (TPSA) is 30.2 Å². The van der Waals surface area contributed by atoms with E-state index in [0.29, 0.717) is 0 Å². The Labute approximate surface area is 183 Å². The van der Waals surface area contributed by atoms with Crippen molar-refractivity contribution in [3.8, 4) is 0 Å². The fraction of sp³-hybridized carbons (Fsp3) is 0. The number of nitrogens with zero attached hydrogens (tertiary/aromatic N) is 3. The summed E-state index contributed by atoms with van der Waals surface area (Å²) in [6.07, 6.45) is 7.75. The number of thiophene rings is 2. The van der Waals surface area contributed by atoms with Gasteiger partial charge in [0, 0.05) is 71.2 Å². The van der Waals surface area contributed by atoms with Crippen LogP contribution in [0.3, 0.4) is 0 Å². The average Bonchev–Trinajstić information content (AvgIpc) is 3.52. The fourth-order valence-corrected chi connectivity index (χ4v) is 7.39. The van der Waals surface area contributed by atoms with Crippen molar-refractivity contribution >= 4 is 90.3 Å². The number of imidazole rings is 1. The summed E-state index contributed by atoms with van der Waals surface area (Å²) < 4.78 is 7.59. The first kappa shape index (κ1) is 16.2. The van der Waals surface area contributed by atoms with Crippen LogP contribution in [0, 0.1) is 0 Å². The summed E-state index contributed by atoms with van der Waals surface area (Å²) in [6.45, 7) is 0. The first-order valence-corrected chi connectivity index (χ1v) is 11.8. The van der Waals surface area contributed by atoms with Crippen molar-refractivity contribution in [2.75, 3.05) is 0 Å². The number of aromatic nitrogens is 3. The van der Waals surface area contributed by atoms with Crippen LogP contribution in [0.2, 0.25) is 0 Å². The SMILES string of the molecule is c1ccc2c(c1)sc1cc3c(cc12)sc1c3ccc2c3ccncc3c3nccn3c21. The molecular weight excluding hydrogens is 418 g/mol. The van der Waals surface area contributed by atoms with Gasteiger partial charge in [-0.15, -0.1) is 22.7 Å². The van der Waals surface area contributed by atoms with Gasteiger partial charge in [-0.05, 0) is 29.7 Å². The molecule has 5 aromatic heterocycles. The van der Waals surface area contributed by atoms with Gasteiger partial charge in [-0.25, -0.2) is 4.98 Å². The summed E-state index contributed by atoms with van der Waals surface area (Å²) in [5.74, 6) is 0. The van der Waals surface area contributed by atoms with Gasteiger partial charge >= 0.3 is 0 Å². The first-order valence-electron chi connectivity index (χ1n) is 10.2. The summed E-state index contributed by atoms with van der Waals surface area (Å²) >= 11 is 3.77. The van der Waals surface area contributed by atoms with Gasteiger partial charge in [0.05, 0.1) is 10.2 Å². The minimum Gasteiger partial charge on any atom is -0.298 e. The van der Waals surface area contributed by atoms with E-state index in [1.54, 1.807) is 0 Å². The zero-order valence-electron chi connectivity index (χ0n) is 16.2. The highest BCUT2D eigenvalue weighted by Gasteiger charge is 2.16. The predicted octanol–water partition coefficient (Wildman–Crippen LogP) is 7.77. The Morgan fingerprint density at radius 3 is 2.45 bits per heavy atom. The minimum absolute atomic E-state index is 0.965. The van der Waals surface area contributed by atoms with Crippen molar-refractivity contribution in [1.29, 1.82) is 0 Å². The lowest BCUT2D eigenvalue weighted by Crippen LogP contribution is -1.91. The lowest BCUT2D eigenvalue weighted by molar-refractivity contribution is 1.27. The van der Waals surface area contributed by atoms with Gasteiger partial charge in [-0.2, -0.15) is 0 Å². The third-order valence-corrected chi connectivity index (χ3v) is 8.66. The number of rotatable bonds is 0. The van der Waals surface area contributed by atoms with Crippen LogP contribution in [-0.2, 0) is 0 Å². The Morgan fingerprint density at radius 2 is 1.48 bits per heavy atom. The molecule has 0 saturated heterocycles. The Bertz CT molecular complexity index is 2010. The van der Waals surface area contributed by atoms with Crippen molar-refractivity contribution in [2.24, 2.45) is 0 Å². The molecule has 0 unspecified atom stereocenters. The summed E-state index contributed by atoms with van der Waals surface area (Å²) in [4.78, 5) is 9.00. The van der Waals surface area contributed by atoms with E-state index in [1.807, 2.05) is 41.3 Å². The Morgan fingerprint density at radius 1 is 0.645 bits per heavy atom. The van der Waals surface area contributed by atoms with E-state index in [-0.39, 0.29) is 0 Å². The Kier molecular flexibility index (Phi) is 2.91. The van der Waals surface area contributed by atoms with Gasteiger partial charge in [0.2, 0.25) is 0 Å². The third kappa shape index (κ3) is 1.98. The predicted molar refractivity (Wildman–Crippen MR) is 134 cm³/mol. The van der Waals surface area contributed by atoms with E-state index in [9.17, 15) is 0 Å². The van der Waals surface area contributed by atoms with Crippen LogP contribution >= 0.6 is 22.7 Å². The van der Waals surface area contributed by atoms with E-state index < -0.39 is 0 Å². The lowest BCUT2D eigenvalue weighted by Gasteiger charge is -2.08. The van der Waals surface area contributed by atoms with Crippen LogP contribution in [0.5, 0.6) is 0 Å². The molecule has 144 valence electrons. The zero-order valence-corrected chi connectivity index (χ0v) is 17.8. The van der Waals surface area contributed by atoms with E-state index in [2.05, 4.69) is 75.2 Å². The van der Waals surface area contributed by atoms with Crippen LogP contribution in [-0.4, -0.2) is 14.4 Å². The molecule has 3 aromatic carbocycles. The van der Waals surface area contributed by atoms with Crippen molar-refractivity contribution < 1.29 is 0 Å². The van der Waals surface area contributed by atoms with Gasteiger partial charge in [-0.3, -0.25) is 9.38 Å². The van der Waals surface area contributed by atoms with Crippen LogP contribution in [0.1, 0.15) is 0 Å². The number of benzene rings is 3. The second kappa shape index (κ2) is 5.58. The smallest absolute Gasteiger partial charge is 0.146 e. The van der Waals surface area contributed by atoms with Crippen molar-refractivity contribution in [2.45, 2.75) is 0 Å². The average molecular weight is 432 g/mol. The molecule has 8 aromatic rings. The highest BCUT2D eigenvalue weighted by Crippen LogP contribution is 2.44. The molecule has 0 fully saturated rings. The first-order chi connectivity index (χ1) is 15.4. The van der Waals surface area contributed by atoms with E-state index in [1.165, 1.54) is 56.6 Å².